The molecule has 0 fully saturated rings. The third-order valence-corrected chi connectivity index (χ3v) is 12.7. The Morgan fingerprint density at radius 1 is 0.361 bits per heavy atom. The van der Waals surface area contributed by atoms with Gasteiger partial charge in [0, 0.05) is 66.8 Å². The molecule has 0 radical (unpaired) electrons. The SMILES string of the molecule is CC1(C)c2cc(N(c3ccccc3)c3ccc4oc5ccccc5c4c3)ccc2-c2ccc(N(c3ccccc3)c3ccc4c(c3)c3ccccc3n4-c3ccccc3)cc21. The smallest absolute Gasteiger partial charge is 0.135 e. The maximum atomic E-state index is 6.24. The molecule has 1 aliphatic carbocycles. The minimum Gasteiger partial charge on any atom is -0.456 e. The second kappa shape index (κ2) is 13.6. The Morgan fingerprint density at radius 2 is 0.820 bits per heavy atom. The molecule has 0 saturated heterocycles. The van der Waals surface area contributed by atoms with Crippen molar-refractivity contribution in [2.75, 3.05) is 9.80 Å². The number of benzene rings is 9. The number of furan rings is 1. The molecule has 2 aromatic heterocycles. The predicted octanol–water partition coefficient (Wildman–Crippen LogP) is 15.9. The van der Waals surface area contributed by atoms with E-state index in [1.807, 2.05) is 12.1 Å². The van der Waals surface area contributed by atoms with Crippen molar-refractivity contribution in [1.82, 2.24) is 4.57 Å². The zero-order chi connectivity index (χ0) is 40.7. The van der Waals surface area contributed by atoms with Gasteiger partial charge >= 0.3 is 0 Å². The molecule has 12 rings (SSSR count). The molecule has 0 saturated carbocycles. The van der Waals surface area contributed by atoms with E-state index in [9.17, 15) is 0 Å². The van der Waals surface area contributed by atoms with Crippen LogP contribution in [0.15, 0.2) is 217 Å². The molecule has 290 valence electrons. The number of para-hydroxylation sites is 5. The topological polar surface area (TPSA) is 24.6 Å². The van der Waals surface area contributed by atoms with Crippen LogP contribution in [0.3, 0.4) is 0 Å². The van der Waals surface area contributed by atoms with Crippen LogP contribution >= 0.6 is 0 Å². The monoisotopic (exact) mass is 783 g/mol. The summed E-state index contributed by atoms with van der Waals surface area (Å²) in [5.74, 6) is 0. The molecule has 0 aliphatic heterocycles. The second-order valence-electron chi connectivity index (χ2n) is 16.6. The van der Waals surface area contributed by atoms with Gasteiger partial charge in [-0.25, -0.2) is 0 Å². The quantitative estimate of drug-likeness (QED) is 0.161. The number of fused-ring (bicyclic) bond motifs is 9. The Balaban J connectivity index is 0.977. The summed E-state index contributed by atoms with van der Waals surface area (Å²) >= 11 is 0. The first-order valence-corrected chi connectivity index (χ1v) is 21.0. The summed E-state index contributed by atoms with van der Waals surface area (Å²) in [5.41, 5.74) is 16.9. The maximum absolute atomic E-state index is 6.24. The van der Waals surface area contributed by atoms with E-state index >= 15 is 0 Å². The molecule has 0 atom stereocenters. The molecule has 4 heteroatoms. The fraction of sp³-hybridized carbons (Fsp3) is 0.0526. The molecule has 1 aliphatic rings. The highest BCUT2D eigenvalue weighted by molar-refractivity contribution is 6.11. The van der Waals surface area contributed by atoms with Gasteiger partial charge in [-0.3, -0.25) is 0 Å². The van der Waals surface area contributed by atoms with E-state index in [1.165, 1.54) is 44.1 Å². The summed E-state index contributed by atoms with van der Waals surface area (Å²) in [4.78, 5) is 4.78. The lowest BCUT2D eigenvalue weighted by atomic mass is 9.82. The van der Waals surface area contributed by atoms with Crippen molar-refractivity contribution in [3.63, 3.8) is 0 Å². The van der Waals surface area contributed by atoms with Gasteiger partial charge in [-0.2, -0.15) is 0 Å². The van der Waals surface area contributed by atoms with Crippen LogP contribution in [0.5, 0.6) is 0 Å². The van der Waals surface area contributed by atoms with E-state index in [2.05, 4.69) is 228 Å². The molecule has 11 aromatic rings. The first kappa shape index (κ1) is 35.2. The van der Waals surface area contributed by atoms with Gasteiger partial charge < -0.3 is 18.8 Å². The Labute approximate surface area is 354 Å². The largest absolute Gasteiger partial charge is 0.456 e. The molecule has 4 nitrogen and oxygen atoms in total. The third kappa shape index (κ3) is 5.53. The lowest BCUT2D eigenvalue weighted by Crippen LogP contribution is -2.17. The highest BCUT2D eigenvalue weighted by Gasteiger charge is 2.37. The average molecular weight is 784 g/mol. The summed E-state index contributed by atoms with van der Waals surface area (Å²) < 4.78 is 8.61. The molecule has 0 bridgehead atoms. The Morgan fingerprint density at radius 3 is 1.46 bits per heavy atom. The van der Waals surface area contributed by atoms with Crippen LogP contribution < -0.4 is 9.80 Å². The van der Waals surface area contributed by atoms with Crippen LogP contribution in [0.4, 0.5) is 34.1 Å². The molecule has 9 aromatic carbocycles. The van der Waals surface area contributed by atoms with Crippen LogP contribution in [0.1, 0.15) is 25.0 Å². The van der Waals surface area contributed by atoms with E-state index in [-0.39, 0.29) is 5.41 Å². The molecular weight excluding hydrogens is 743 g/mol. The molecule has 0 spiro atoms. The van der Waals surface area contributed by atoms with Gasteiger partial charge in [-0.05, 0) is 131 Å². The van der Waals surface area contributed by atoms with E-state index in [4.69, 9.17) is 4.42 Å². The minimum absolute atomic E-state index is 0.265. The summed E-state index contributed by atoms with van der Waals surface area (Å²) in [6.07, 6.45) is 0. The molecule has 2 heterocycles. The number of anilines is 6. The van der Waals surface area contributed by atoms with Gasteiger partial charge in [0.05, 0.1) is 11.0 Å². The van der Waals surface area contributed by atoms with Crippen molar-refractivity contribution < 1.29 is 4.42 Å². The molecular formula is C57H41N3O. The zero-order valence-electron chi connectivity index (χ0n) is 34.0. The lowest BCUT2D eigenvalue weighted by molar-refractivity contribution is 0.660. The number of hydrogen-bond acceptors (Lipinski definition) is 3. The first-order valence-electron chi connectivity index (χ1n) is 21.0. The van der Waals surface area contributed by atoms with Gasteiger partial charge in [0.1, 0.15) is 11.2 Å². The standard InChI is InChI=1S/C57H41N3O/c1-57(2)51-36-43(58(38-16-6-3-7-17-38)41-28-32-54-49(34-41)47-22-12-14-24-53(47)60(54)40-20-10-5-11-21-40)26-30-45(51)46-31-27-44(37-52(46)57)59(39-18-8-4-9-19-39)42-29-33-56-50(35-42)48-23-13-15-25-55(48)61-56/h3-37H,1-2H3. The fourth-order valence-electron chi connectivity index (χ4n) is 9.85. The van der Waals surface area contributed by atoms with Gasteiger partial charge in [0.25, 0.3) is 0 Å². The predicted molar refractivity (Wildman–Crippen MR) is 255 cm³/mol. The molecule has 61 heavy (non-hydrogen) atoms. The first-order chi connectivity index (χ1) is 30.0. The minimum atomic E-state index is -0.265. The average Bonchev–Trinajstić information content (AvgIpc) is 3.92. The van der Waals surface area contributed by atoms with Crippen molar-refractivity contribution in [2.24, 2.45) is 0 Å². The van der Waals surface area contributed by atoms with Crippen molar-refractivity contribution in [3.05, 3.63) is 223 Å². The van der Waals surface area contributed by atoms with Crippen molar-refractivity contribution in [3.8, 4) is 16.8 Å². The third-order valence-electron chi connectivity index (χ3n) is 12.7. The summed E-state index contributed by atoms with van der Waals surface area (Å²) in [7, 11) is 0. The molecule has 0 N–H and O–H groups in total. The van der Waals surface area contributed by atoms with Crippen molar-refractivity contribution in [2.45, 2.75) is 19.3 Å². The normalized spacial score (nSPS) is 12.9. The van der Waals surface area contributed by atoms with E-state index in [0.717, 1.165) is 61.8 Å². The summed E-state index contributed by atoms with van der Waals surface area (Å²) in [6.45, 7) is 4.75. The summed E-state index contributed by atoms with van der Waals surface area (Å²) in [6, 6.07) is 76.7. The summed E-state index contributed by atoms with van der Waals surface area (Å²) in [5, 5.41) is 4.69. The van der Waals surface area contributed by atoms with E-state index < -0.39 is 0 Å². The van der Waals surface area contributed by atoms with Crippen LogP contribution in [-0.2, 0) is 5.41 Å². The highest BCUT2D eigenvalue weighted by atomic mass is 16.3. The van der Waals surface area contributed by atoms with Gasteiger partial charge in [-0.1, -0.05) is 117 Å². The van der Waals surface area contributed by atoms with E-state index in [1.54, 1.807) is 0 Å². The fourth-order valence-corrected chi connectivity index (χ4v) is 9.85. The van der Waals surface area contributed by atoms with Gasteiger partial charge in [-0.15, -0.1) is 0 Å². The number of aromatic nitrogens is 1. The van der Waals surface area contributed by atoms with Crippen molar-refractivity contribution in [1.29, 1.82) is 0 Å². The lowest BCUT2D eigenvalue weighted by Gasteiger charge is -2.29. The number of nitrogens with zero attached hydrogens (tertiary/aromatic N) is 3. The van der Waals surface area contributed by atoms with Crippen LogP contribution in [0.2, 0.25) is 0 Å². The van der Waals surface area contributed by atoms with Crippen molar-refractivity contribution >= 4 is 77.9 Å². The second-order valence-corrected chi connectivity index (χ2v) is 16.6. The Bertz CT molecular complexity index is 3450. The van der Waals surface area contributed by atoms with Crippen LogP contribution in [0, 0.1) is 0 Å². The van der Waals surface area contributed by atoms with Crippen LogP contribution in [0.25, 0.3) is 60.6 Å². The van der Waals surface area contributed by atoms with E-state index in [0.29, 0.717) is 0 Å². The number of hydrogen-bond donors (Lipinski definition) is 0. The molecule has 0 unspecified atom stereocenters. The maximum Gasteiger partial charge on any atom is 0.135 e. The number of rotatable bonds is 7. The van der Waals surface area contributed by atoms with Crippen LogP contribution in [-0.4, -0.2) is 4.57 Å². The molecule has 0 amide bonds. The Hall–Kier alpha value is -7.82. The van der Waals surface area contributed by atoms with Gasteiger partial charge in [0.2, 0.25) is 0 Å². The zero-order valence-corrected chi connectivity index (χ0v) is 34.0. The van der Waals surface area contributed by atoms with Gasteiger partial charge in [0.15, 0.2) is 0 Å². The highest BCUT2D eigenvalue weighted by Crippen LogP contribution is 2.53. The Kier molecular flexibility index (Phi) is 7.85.